The van der Waals surface area contributed by atoms with Gasteiger partial charge in [-0.25, -0.2) is 9.97 Å². The van der Waals surface area contributed by atoms with Gasteiger partial charge >= 0.3 is 0 Å². The summed E-state index contributed by atoms with van der Waals surface area (Å²) >= 11 is 0. The second-order valence-corrected chi connectivity index (χ2v) is 5.19. The van der Waals surface area contributed by atoms with Gasteiger partial charge in [-0.15, -0.1) is 0 Å². The Bertz CT molecular complexity index is 358. The Hall–Kier alpha value is -1.00. The van der Waals surface area contributed by atoms with E-state index >= 15 is 0 Å². The third kappa shape index (κ3) is 3.01. The van der Waals surface area contributed by atoms with Crippen LogP contribution >= 0.6 is 0 Å². The smallest absolute Gasteiger partial charge is 0.125 e. The zero-order chi connectivity index (χ0) is 12.3. The van der Waals surface area contributed by atoms with Gasteiger partial charge in [0.1, 0.15) is 5.82 Å². The SMILES string of the molecule is Cc1nccc(C(NN)C2CCC(C)CC2)n1. The van der Waals surface area contributed by atoms with Gasteiger partial charge in [-0.3, -0.25) is 11.3 Å². The Morgan fingerprint density at radius 3 is 2.65 bits per heavy atom. The number of hydrazine groups is 1. The van der Waals surface area contributed by atoms with E-state index in [4.69, 9.17) is 5.84 Å². The third-order valence-electron chi connectivity index (χ3n) is 3.83. The van der Waals surface area contributed by atoms with Crippen LogP contribution in [0.1, 0.15) is 50.2 Å². The highest BCUT2D eigenvalue weighted by Crippen LogP contribution is 2.35. The maximum atomic E-state index is 5.71. The number of aryl methyl sites for hydroxylation is 1. The summed E-state index contributed by atoms with van der Waals surface area (Å²) in [5.74, 6) is 7.98. The topological polar surface area (TPSA) is 63.8 Å². The fourth-order valence-electron chi connectivity index (χ4n) is 2.73. The van der Waals surface area contributed by atoms with Gasteiger partial charge in [-0.2, -0.15) is 0 Å². The molecule has 1 aliphatic carbocycles. The van der Waals surface area contributed by atoms with Gasteiger partial charge in [0.25, 0.3) is 0 Å². The van der Waals surface area contributed by atoms with Crippen molar-refractivity contribution < 1.29 is 0 Å². The molecule has 4 nitrogen and oxygen atoms in total. The summed E-state index contributed by atoms with van der Waals surface area (Å²) in [5.41, 5.74) is 3.97. The van der Waals surface area contributed by atoms with Gasteiger partial charge in [0.15, 0.2) is 0 Å². The number of rotatable bonds is 3. The molecule has 0 aliphatic heterocycles. The maximum Gasteiger partial charge on any atom is 0.125 e. The fourth-order valence-corrected chi connectivity index (χ4v) is 2.73. The minimum absolute atomic E-state index is 0.171. The van der Waals surface area contributed by atoms with Crippen molar-refractivity contribution in [3.63, 3.8) is 0 Å². The van der Waals surface area contributed by atoms with E-state index in [1.165, 1.54) is 25.7 Å². The lowest BCUT2D eigenvalue weighted by atomic mass is 9.78. The molecule has 1 unspecified atom stereocenters. The summed E-state index contributed by atoms with van der Waals surface area (Å²) < 4.78 is 0. The number of hydrogen-bond donors (Lipinski definition) is 2. The van der Waals surface area contributed by atoms with Crippen molar-refractivity contribution in [3.05, 3.63) is 23.8 Å². The van der Waals surface area contributed by atoms with Crippen LogP contribution < -0.4 is 11.3 Å². The first-order chi connectivity index (χ1) is 8.20. The molecule has 0 saturated heterocycles. The van der Waals surface area contributed by atoms with Crippen molar-refractivity contribution in [1.29, 1.82) is 0 Å². The summed E-state index contributed by atoms with van der Waals surface area (Å²) in [6.07, 6.45) is 6.88. The first-order valence-electron chi connectivity index (χ1n) is 6.46. The van der Waals surface area contributed by atoms with E-state index in [1.54, 1.807) is 0 Å². The summed E-state index contributed by atoms with van der Waals surface area (Å²) in [4.78, 5) is 8.62. The summed E-state index contributed by atoms with van der Waals surface area (Å²) in [5, 5.41) is 0. The number of aromatic nitrogens is 2. The van der Waals surface area contributed by atoms with Gasteiger partial charge in [0.05, 0.1) is 11.7 Å². The van der Waals surface area contributed by atoms with E-state index in [1.807, 2.05) is 19.2 Å². The Labute approximate surface area is 103 Å². The highest BCUT2D eigenvalue weighted by atomic mass is 15.2. The van der Waals surface area contributed by atoms with Crippen LogP contribution in [0.4, 0.5) is 0 Å². The molecule has 1 saturated carbocycles. The zero-order valence-corrected chi connectivity index (χ0v) is 10.7. The zero-order valence-electron chi connectivity index (χ0n) is 10.7. The molecule has 0 aromatic carbocycles. The predicted octanol–water partition coefficient (Wildman–Crippen LogP) is 2.12. The van der Waals surface area contributed by atoms with E-state index in [0.29, 0.717) is 5.92 Å². The van der Waals surface area contributed by atoms with Crippen LogP contribution in [0.5, 0.6) is 0 Å². The lowest BCUT2D eigenvalue weighted by Gasteiger charge is -2.32. The lowest BCUT2D eigenvalue weighted by molar-refractivity contribution is 0.229. The quantitative estimate of drug-likeness (QED) is 0.621. The van der Waals surface area contributed by atoms with Gasteiger partial charge in [-0.1, -0.05) is 19.8 Å². The molecule has 2 rings (SSSR count). The predicted molar refractivity (Wildman–Crippen MR) is 68.0 cm³/mol. The molecular formula is C13H22N4. The number of nitrogens with zero attached hydrogens (tertiary/aromatic N) is 2. The molecule has 1 fully saturated rings. The molecule has 4 heteroatoms. The number of nitrogens with one attached hydrogen (secondary N) is 1. The average molecular weight is 234 g/mol. The molecule has 17 heavy (non-hydrogen) atoms. The fraction of sp³-hybridized carbons (Fsp3) is 0.692. The number of nitrogens with two attached hydrogens (primary N) is 1. The molecule has 1 atom stereocenters. The average Bonchev–Trinajstić information content (AvgIpc) is 2.33. The molecule has 0 spiro atoms. The molecule has 0 bridgehead atoms. The standard InChI is InChI=1S/C13H22N4/c1-9-3-5-11(6-4-9)13(17-14)12-7-8-15-10(2)16-12/h7-9,11,13,17H,3-6,14H2,1-2H3. The normalized spacial score (nSPS) is 26.8. The van der Waals surface area contributed by atoms with Gasteiger partial charge in [-0.05, 0) is 37.7 Å². The summed E-state index contributed by atoms with van der Waals surface area (Å²) in [6.45, 7) is 4.25. The van der Waals surface area contributed by atoms with Crippen LogP contribution in [0.25, 0.3) is 0 Å². The van der Waals surface area contributed by atoms with Crippen LogP contribution in [0.3, 0.4) is 0 Å². The maximum absolute atomic E-state index is 5.71. The molecule has 1 aromatic heterocycles. The molecule has 94 valence electrons. The van der Waals surface area contributed by atoms with Crippen molar-refractivity contribution in [2.24, 2.45) is 17.7 Å². The number of hydrogen-bond acceptors (Lipinski definition) is 4. The second kappa shape index (κ2) is 5.56. The molecule has 0 amide bonds. The minimum Gasteiger partial charge on any atom is -0.271 e. The van der Waals surface area contributed by atoms with Crippen molar-refractivity contribution >= 4 is 0 Å². The molecule has 0 radical (unpaired) electrons. The lowest BCUT2D eigenvalue weighted by Crippen LogP contribution is -2.35. The van der Waals surface area contributed by atoms with Crippen molar-refractivity contribution in [3.8, 4) is 0 Å². The summed E-state index contributed by atoms with van der Waals surface area (Å²) in [6, 6.07) is 2.14. The Kier molecular flexibility index (Phi) is 4.07. The monoisotopic (exact) mass is 234 g/mol. The van der Waals surface area contributed by atoms with Crippen LogP contribution in [0.2, 0.25) is 0 Å². The highest BCUT2D eigenvalue weighted by Gasteiger charge is 2.27. The van der Waals surface area contributed by atoms with Crippen molar-refractivity contribution in [1.82, 2.24) is 15.4 Å². The van der Waals surface area contributed by atoms with E-state index in [-0.39, 0.29) is 6.04 Å². The third-order valence-corrected chi connectivity index (χ3v) is 3.83. The molecule has 1 aliphatic rings. The van der Waals surface area contributed by atoms with Gasteiger partial charge in [0, 0.05) is 6.20 Å². The van der Waals surface area contributed by atoms with E-state index in [0.717, 1.165) is 17.4 Å². The Balaban J connectivity index is 2.10. The Morgan fingerprint density at radius 2 is 2.06 bits per heavy atom. The first kappa shape index (κ1) is 12.5. The molecule has 1 heterocycles. The minimum atomic E-state index is 0.171. The van der Waals surface area contributed by atoms with Crippen molar-refractivity contribution in [2.75, 3.05) is 0 Å². The Morgan fingerprint density at radius 1 is 1.35 bits per heavy atom. The van der Waals surface area contributed by atoms with Crippen molar-refractivity contribution in [2.45, 2.75) is 45.6 Å². The van der Waals surface area contributed by atoms with Crippen LogP contribution in [0, 0.1) is 18.8 Å². The highest BCUT2D eigenvalue weighted by molar-refractivity contribution is 5.08. The van der Waals surface area contributed by atoms with Crippen LogP contribution in [-0.4, -0.2) is 9.97 Å². The van der Waals surface area contributed by atoms with Crippen LogP contribution in [0.15, 0.2) is 12.3 Å². The van der Waals surface area contributed by atoms with Crippen LogP contribution in [-0.2, 0) is 0 Å². The molecule has 3 N–H and O–H groups in total. The summed E-state index contributed by atoms with van der Waals surface area (Å²) in [7, 11) is 0. The van der Waals surface area contributed by atoms with E-state index < -0.39 is 0 Å². The largest absolute Gasteiger partial charge is 0.271 e. The molecular weight excluding hydrogens is 212 g/mol. The van der Waals surface area contributed by atoms with E-state index in [9.17, 15) is 0 Å². The van der Waals surface area contributed by atoms with Gasteiger partial charge in [0.2, 0.25) is 0 Å². The van der Waals surface area contributed by atoms with E-state index in [2.05, 4.69) is 22.3 Å². The second-order valence-electron chi connectivity index (χ2n) is 5.19. The first-order valence-corrected chi connectivity index (χ1v) is 6.46. The van der Waals surface area contributed by atoms with Gasteiger partial charge < -0.3 is 0 Å². The molecule has 1 aromatic rings.